The van der Waals surface area contributed by atoms with Gasteiger partial charge >= 0.3 is 0 Å². The lowest BCUT2D eigenvalue weighted by molar-refractivity contribution is 0.0687. The summed E-state index contributed by atoms with van der Waals surface area (Å²) in [6.45, 7) is 6.34. The van der Waals surface area contributed by atoms with Crippen molar-refractivity contribution in [3.63, 3.8) is 0 Å². The molecule has 1 atom stereocenters. The van der Waals surface area contributed by atoms with E-state index in [1.54, 1.807) is 38.8 Å². The van der Waals surface area contributed by atoms with Crippen LogP contribution in [-0.4, -0.2) is 75.9 Å². The highest BCUT2D eigenvalue weighted by Crippen LogP contribution is 2.41. The van der Waals surface area contributed by atoms with E-state index in [0.717, 1.165) is 49.2 Å². The fraction of sp³-hybridized carbons (Fsp3) is 0.469. The molecular formula is C32H41N3O5S2. The number of likely N-dealkylation sites (tertiary alicyclic amines) is 1. The van der Waals surface area contributed by atoms with E-state index in [-0.39, 0.29) is 11.9 Å². The van der Waals surface area contributed by atoms with E-state index in [2.05, 4.69) is 17.9 Å². The quantitative estimate of drug-likeness (QED) is 0.259. The zero-order chi connectivity index (χ0) is 29.9. The highest BCUT2D eigenvalue weighted by molar-refractivity contribution is 7.91. The van der Waals surface area contributed by atoms with Gasteiger partial charge in [0.15, 0.2) is 11.5 Å². The third-order valence-corrected chi connectivity index (χ3v) is 12.0. The molecule has 3 aromatic rings. The van der Waals surface area contributed by atoms with E-state index >= 15 is 0 Å². The van der Waals surface area contributed by atoms with Crippen molar-refractivity contribution in [3.05, 3.63) is 76.2 Å². The molecule has 8 nitrogen and oxygen atoms in total. The van der Waals surface area contributed by atoms with Gasteiger partial charge in [0.2, 0.25) is 0 Å². The topological polar surface area (TPSA) is 79.4 Å². The molecule has 0 radical (unpaired) electrons. The number of rotatable bonds is 12. The minimum absolute atomic E-state index is 0.0252. The largest absolute Gasteiger partial charge is 0.493 e. The first-order valence-corrected chi connectivity index (χ1v) is 17.0. The minimum Gasteiger partial charge on any atom is -0.493 e. The summed E-state index contributed by atoms with van der Waals surface area (Å²) in [6, 6.07) is 15.1. The van der Waals surface area contributed by atoms with E-state index in [9.17, 15) is 13.2 Å². The molecule has 0 spiro atoms. The number of hydrogen-bond donors (Lipinski definition) is 0. The smallest absolute Gasteiger partial charge is 0.255 e. The van der Waals surface area contributed by atoms with Crippen molar-refractivity contribution in [2.45, 2.75) is 55.3 Å². The summed E-state index contributed by atoms with van der Waals surface area (Å²) in [5.74, 6) is 1.70. The lowest BCUT2D eigenvalue weighted by atomic mass is 9.85. The highest BCUT2D eigenvalue weighted by Gasteiger charge is 2.36. The molecule has 3 heterocycles. The first-order chi connectivity index (χ1) is 20.3. The Morgan fingerprint density at radius 1 is 1.05 bits per heavy atom. The number of carbonyl (C=O) groups excluding carboxylic acids is 1. The van der Waals surface area contributed by atoms with Crippen molar-refractivity contribution in [3.8, 4) is 11.5 Å². The monoisotopic (exact) mass is 611 g/mol. The number of hydrogen-bond acceptors (Lipinski definition) is 7. The molecule has 2 aliphatic rings. The first-order valence-electron chi connectivity index (χ1n) is 14.6. The summed E-state index contributed by atoms with van der Waals surface area (Å²) in [6.07, 6.45) is 3.39. The predicted octanol–water partition coefficient (Wildman–Crippen LogP) is 5.76. The molecule has 42 heavy (non-hydrogen) atoms. The predicted molar refractivity (Wildman–Crippen MR) is 166 cm³/mol. The zero-order valence-corrected chi connectivity index (χ0v) is 26.5. The summed E-state index contributed by atoms with van der Waals surface area (Å²) in [7, 11) is 1.28. The van der Waals surface area contributed by atoms with Gasteiger partial charge in [0, 0.05) is 25.7 Å². The van der Waals surface area contributed by atoms with Crippen molar-refractivity contribution in [1.82, 2.24) is 14.1 Å². The second kappa shape index (κ2) is 13.2. The molecule has 2 aliphatic heterocycles. The molecule has 1 amide bonds. The number of benzene rings is 2. The van der Waals surface area contributed by atoms with Gasteiger partial charge in [-0.1, -0.05) is 31.2 Å². The average molecular weight is 612 g/mol. The molecule has 0 aliphatic carbocycles. The van der Waals surface area contributed by atoms with Crippen molar-refractivity contribution in [2.75, 3.05) is 47.4 Å². The van der Waals surface area contributed by atoms with Crippen molar-refractivity contribution >= 4 is 27.3 Å². The number of nitrogens with zero attached hydrogens (tertiary/aromatic N) is 3. The Balaban J connectivity index is 1.40. The lowest BCUT2D eigenvalue weighted by Crippen LogP contribution is -2.33. The van der Waals surface area contributed by atoms with Crippen LogP contribution in [0.5, 0.6) is 11.5 Å². The van der Waals surface area contributed by atoms with E-state index in [1.807, 2.05) is 35.2 Å². The number of piperidine rings is 1. The molecular weight excluding hydrogens is 571 g/mol. The second-order valence-corrected chi connectivity index (χ2v) is 14.3. The van der Waals surface area contributed by atoms with Gasteiger partial charge in [0.05, 0.1) is 20.3 Å². The van der Waals surface area contributed by atoms with Crippen molar-refractivity contribution in [2.24, 2.45) is 0 Å². The molecule has 1 saturated heterocycles. The third kappa shape index (κ3) is 6.08. The number of carbonyl (C=O) groups is 1. The third-order valence-electron chi connectivity index (χ3n) is 8.79. The lowest BCUT2D eigenvalue weighted by Gasteiger charge is -2.32. The van der Waals surface area contributed by atoms with Crippen LogP contribution in [-0.2, 0) is 16.6 Å². The van der Waals surface area contributed by atoms with Crippen molar-refractivity contribution in [1.29, 1.82) is 0 Å². The number of sulfonamides is 1. The van der Waals surface area contributed by atoms with E-state index in [1.165, 1.54) is 21.2 Å². The summed E-state index contributed by atoms with van der Waals surface area (Å²) in [5.41, 5.74) is 4.16. The molecule has 0 unspecified atom stereocenters. The van der Waals surface area contributed by atoms with Crippen LogP contribution < -0.4 is 9.47 Å². The number of thiophene rings is 1. The number of ether oxygens (including phenoxy) is 2. The Morgan fingerprint density at radius 3 is 2.48 bits per heavy atom. The van der Waals surface area contributed by atoms with Gasteiger partial charge in [-0.25, -0.2) is 12.7 Å². The van der Waals surface area contributed by atoms with Gasteiger partial charge in [-0.05, 0) is 97.6 Å². The normalized spacial score (nSPS) is 17.1. The SMILES string of the molecule is CCN1CCC(c2cccc3c2CN([C@H](CCCN(C)S(=O)(=O)c2cccs2)c2ccc(OC)c(OC)c2)C3=O)CC1. The van der Waals surface area contributed by atoms with Crippen LogP contribution in [0.15, 0.2) is 58.1 Å². The van der Waals surface area contributed by atoms with Gasteiger partial charge in [0.25, 0.3) is 15.9 Å². The molecule has 226 valence electrons. The van der Waals surface area contributed by atoms with E-state index in [0.29, 0.717) is 47.6 Å². The van der Waals surface area contributed by atoms with Crippen LogP contribution in [0.4, 0.5) is 0 Å². The molecule has 1 fully saturated rings. The summed E-state index contributed by atoms with van der Waals surface area (Å²) >= 11 is 1.22. The number of fused-ring (bicyclic) bond motifs is 1. The molecule has 0 N–H and O–H groups in total. The maximum atomic E-state index is 14.0. The van der Waals surface area contributed by atoms with E-state index in [4.69, 9.17) is 9.47 Å². The van der Waals surface area contributed by atoms with Crippen LogP contribution in [0.3, 0.4) is 0 Å². The summed E-state index contributed by atoms with van der Waals surface area (Å²) in [4.78, 5) is 18.4. The zero-order valence-electron chi connectivity index (χ0n) is 24.9. The Bertz CT molecular complexity index is 1480. The van der Waals surface area contributed by atoms with Gasteiger partial charge in [0.1, 0.15) is 4.21 Å². The van der Waals surface area contributed by atoms with Crippen LogP contribution in [0.25, 0.3) is 0 Å². The number of amides is 1. The standard InChI is InChI=1S/C32H41N3O5S2/c1-5-34-18-15-23(16-19-34)25-9-6-10-26-27(25)22-35(32(26)36)28(24-13-14-29(39-3)30(21-24)40-4)11-7-17-33(2)42(37,38)31-12-8-20-41-31/h6,8-10,12-14,20-21,23,28H,5,7,11,15-19,22H2,1-4H3/t28-/m1/s1. The molecule has 10 heteroatoms. The fourth-order valence-corrected chi connectivity index (χ4v) is 8.74. The van der Waals surface area contributed by atoms with Crippen LogP contribution in [0.1, 0.15) is 71.6 Å². The Hall–Kier alpha value is -2.92. The maximum Gasteiger partial charge on any atom is 0.255 e. The second-order valence-electron chi connectivity index (χ2n) is 11.0. The van der Waals surface area contributed by atoms with Crippen molar-refractivity contribution < 1.29 is 22.7 Å². The maximum absolute atomic E-state index is 14.0. The first kappa shape index (κ1) is 30.5. The van der Waals surface area contributed by atoms with Crippen LogP contribution >= 0.6 is 11.3 Å². The molecule has 5 rings (SSSR count). The van der Waals surface area contributed by atoms with Gasteiger partial charge in [-0.2, -0.15) is 0 Å². The minimum atomic E-state index is -3.54. The van der Waals surface area contributed by atoms with Gasteiger partial charge < -0.3 is 19.3 Å². The number of methoxy groups -OCH3 is 2. The molecule has 0 saturated carbocycles. The highest BCUT2D eigenvalue weighted by atomic mass is 32.2. The Morgan fingerprint density at radius 2 is 1.81 bits per heavy atom. The molecule has 1 aromatic heterocycles. The van der Waals surface area contributed by atoms with Gasteiger partial charge in [-0.15, -0.1) is 11.3 Å². The summed E-state index contributed by atoms with van der Waals surface area (Å²) < 4.78 is 38.9. The molecule has 0 bridgehead atoms. The Labute approximate surface area is 253 Å². The Kier molecular flexibility index (Phi) is 9.57. The van der Waals surface area contributed by atoms with Crippen LogP contribution in [0, 0.1) is 0 Å². The van der Waals surface area contributed by atoms with Crippen LogP contribution in [0.2, 0.25) is 0 Å². The van der Waals surface area contributed by atoms with E-state index < -0.39 is 10.0 Å². The summed E-state index contributed by atoms with van der Waals surface area (Å²) in [5, 5.41) is 1.77. The average Bonchev–Trinajstić information content (AvgIpc) is 3.68. The fourth-order valence-electron chi connectivity index (χ4n) is 6.33. The van der Waals surface area contributed by atoms with Gasteiger partial charge in [-0.3, -0.25) is 4.79 Å². The molecule has 2 aromatic carbocycles.